The van der Waals surface area contributed by atoms with Crippen LogP contribution >= 0.6 is 0 Å². The molecular weight excluding hydrogens is 228 g/mol. The van der Waals surface area contributed by atoms with Gasteiger partial charge in [-0.25, -0.2) is 0 Å². The first kappa shape index (κ1) is 13.1. The molecule has 1 atom stereocenters. The predicted octanol–water partition coefficient (Wildman–Crippen LogP) is 0.690. The van der Waals surface area contributed by atoms with Gasteiger partial charge in [-0.3, -0.25) is 4.79 Å². The predicted molar refractivity (Wildman–Crippen MR) is 70.4 cm³/mol. The van der Waals surface area contributed by atoms with Crippen molar-refractivity contribution in [3.63, 3.8) is 0 Å². The van der Waals surface area contributed by atoms with Crippen LogP contribution in [0.25, 0.3) is 0 Å². The smallest absolute Gasteiger partial charge is 0.251 e. The molecule has 1 aliphatic rings. The summed E-state index contributed by atoms with van der Waals surface area (Å²) < 4.78 is 0. The zero-order chi connectivity index (χ0) is 13.0. The highest BCUT2D eigenvalue weighted by Crippen LogP contribution is 2.18. The quantitative estimate of drug-likeness (QED) is 0.734. The SMILES string of the molecule is CC(CO)CNC(=O)c1cccc2c1CCNC2. The molecule has 4 heteroatoms. The standard InChI is InChI=1S/C14H20N2O2/c1-10(9-17)7-16-14(18)13-4-2-3-11-8-15-6-5-12(11)13/h2-4,10,15,17H,5-9H2,1H3,(H,16,18). The monoisotopic (exact) mass is 248 g/mol. The number of hydrogen-bond donors (Lipinski definition) is 3. The summed E-state index contributed by atoms with van der Waals surface area (Å²) in [6, 6.07) is 5.87. The summed E-state index contributed by atoms with van der Waals surface area (Å²) >= 11 is 0. The Balaban J connectivity index is 2.10. The molecule has 98 valence electrons. The van der Waals surface area contributed by atoms with Crippen LogP contribution in [-0.4, -0.2) is 30.7 Å². The molecule has 4 nitrogen and oxygen atoms in total. The van der Waals surface area contributed by atoms with Gasteiger partial charge in [-0.1, -0.05) is 19.1 Å². The largest absolute Gasteiger partial charge is 0.396 e. The van der Waals surface area contributed by atoms with E-state index in [-0.39, 0.29) is 18.4 Å². The van der Waals surface area contributed by atoms with Crippen molar-refractivity contribution in [2.24, 2.45) is 5.92 Å². The summed E-state index contributed by atoms with van der Waals surface area (Å²) in [5.74, 6) is 0.0594. The van der Waals surface area contributed by atoms with Gasteiger partial charge in [0, 0.05) is 25.3 Å². The van der Waals surface area contributed by atoms with Crippen LogP contribution in [0.1, 0.15) is 28.4 Å². The summed E-state index contributed by atoms with van der Waals surface area (Å²) in [5, 5.41) is 15.1. The van der Waals surface area contributed by atoms with Gasteiger partial charge < -0.3 is 15.7 Å². The van der Waals surface area contributed by atoms with Crippen molar-refractivity contribution in [3.05, 3.63) is 34.9 Å². The Labute approximate surface area is 107 Å². The van der Waals surface area contributed by atoms with Gasteiger partial charge in [0.2, 0.25) is 0 Å². The van der Waals surface area contributed by atoms with Crippen molar-refractivity contribution in [1.29, 1.82) is 0 Å². The highest BCUT2D eigenvalue weighted by Gasteiger charge is 2.17. The fourth-order valence-electron chi connectivity index (χ4n) is 2.17. The maximum Gasteiger partial charge on any atom is 0.251 e. The summed E-state index contributed by atoms with van der Waals surface area (Å²) in [5.41, 5.74) is 3.15. The number of carbonyl (C=O) groups excluding carboxylic acids is 1. The normalized spacial score (nSPS) is 15.9. The average molecular weight is 248 g/mol. The first-order chi connectivity index (χ1) is 8.72. The highest BCUT2D eigenvalue weighted by atomic mass is 16.3. The maximum atomic E-state index is 12.1. The van der Waals surface area contributed by atoms with Gasteiger partial charge in [0.1, 0.15) is 0 Å². The van der Waals surface area contributed by atoms with Crippen molar-refractivity contribution < 1.29 is 9.90 Å². The molecule has 0 aromatic heterocycles. The first-order valence-electron chi connectivity index (χ1n) is 6.43. The number of benzene rings is 1. The summed E-state index contributed by atoms with van der Waals surface area (Å²) in [6.45, 7) is 4.27. The van der Waals surface area contributed by atoms with Crippen molar-refractivity contribution in [1.82, 2.24) is 10.6 Å². The molecule has 2 rings (SSSR count). The van der Waals surface area contributed by atoms with Gasteiger partial charge >= 0.3 is 0 Å². The molecule has 1 aromatic rings. The third kappa shape index (κ3) is 2.89. The molecule has 0 fully saturated rings. The Morgan fingerprint density at radius 3 is 3.17 bits per heavy atom. The minimum absolute atomic E-state index is 0.0333. The molecule has 0 saturated heterocycles. The van der Waals surface area contributed by atoms with Crippen molar-refractivity contribution in [2.75, 3.05) is 19.7 Å². The van der Waals surface area contributed by atoms with E-state index in [1.165, 1.54) is 5.56 Å². The zero-order valence-electron chi connectivity index (χ0n) is 10.7. The molecule has 0 spiro atoms. The number of rotatable bonds is 4. The van der Waals surface area contributed by atoms with E-state index in [1.54, 1.807) is 0 Å². The first-order valence-corrected chi connectivity index (χ1v) is 6.43. The number of carbonyl (C=O) groups is 1. The minimum atomic E-state index is -0.0333. The number of fused-ring (bicyclic) bond motifs is 1. The molecule has 1 unspecified atom stereocenters. The van der Waals surface area contributed by atoms with Crippen molar-refractivity contribution in [2.45, 2.75) is 19.9 Å². The van der Waals surface area contributed by atoms with E-state index in [4.69, 9.17) is 5.11 Å². The maximum absolute atomic E-state index is 12.1. The van der Waals surface area contributed by atoms with Gasteiger partial charge in [0.15, 0.2) is 0 Å². The van der Waals surface area contributed by atoms with Crippen molar-refractivity contribution in [3.8, 4) is 0 Å². The van der Waals surface area contributed by atoms with E-state index < -0.39 is 0 Å². The van der Waals surface area contributed by atoms with E-state index in [1.807, 2.05) is 19.1 Å². The average Bonchev–Trinajstić information content (AvgIpc) is 2.43. The summed E-state index contributed by atoms with van der Waals surface area (Å²) in [6.07, 6.45) is 0.897. The van der Waals surface area contributed by atoms with Gasteiger partial charge in [-0.15, -0.1) is 0 Å². The lowest BCUT2D eigenvalue weighted by molar-refractivity contribution is 0.0941. The Kier molecular flexibility index (Phi) is 4.33. The lowest BCUT2D eigenvalue weighted by atomic mass is 9.95. The summed E-state index contributed by atoms with van der Waals surface area (Å²) in [7, 11) is 0. The number of aliphatic hydroxyl groups is 1. The zero-order valence-corrected chi connectivity index (χ0v) is 10.7. The molecule has 0 bridgehead atoms. The Morgan fingerprint density at radius 2 is 2.39 bits per heavy atom. The Bertz CT molecular complexity index is 432. The molecule has 1 heterocycles. The molecule has 1 amide bonds. The van der Waals surface area contributed by atoms with E-state index in [0.717, 1.165) is 30.6 Å². The molecule has 0 aliphatic carbocycles. The molecule has 0 saturated carbocycles. The second kappa shape index (κ2) is 5.98. The topological polar surface area (TPSA) is 61.4 Å². The van der Waals surface area contributed by atoms with Gasteiger partial charge in [0.25, 0.3) is 5.91 Å². The lowest BCUT2D eigenvalue weighted by Crippen LogP contribution is -2.32. The van der Waals surface area contributed by atoms with E-state index in [2.05, 4.69) is 16.7 Å². The van der Waals surface area contributed by atoms with Crippen LogP contribution in [0.15, 0.2) is 18.2 Å². The molecular formula is C14H20N2O2. The van der Waals surface area contributed by atoms with Crippen LogP contribution in [0.5, 0.6) is 0 Å². The van der Waals surface area contributed by atoms with E-state index >= 15 is 0 Å². The second-order valence-corrected chi connectivity index (χ2v) is 4.87. The third-order valence-electron chi connectivity index (χ3n) is 3.31. The molecule has 18 heavy (non-hydrogen) atoms. The van der Waals surface area contributed by atoms with Crippen LogP contribution in [0.2, 0.25) is 0 Å². The molecule has 0 radical (unpaired) electrons. The Hall–Kier alpha value is -1.39. The fraction of sp³-hybridized carbons (Fsp3) is 0.500. The summed E-state index contributed by atoms with van der Waals surface area (Å²) in [4.78, 5) is 12.1. The number of nitrogens with one attached hydrogen (secondary N) is 2. The Morgan fingerprint density at radius 1 is 1.56 bits per heavy atom. The van der Waals surface area contributed by atoms with Crippen LogP contribution in [-0.2, 0) is 13.0 Å². The van der Waals surface area contributed by atoms with Crippen LogP contribution in [0.3, 0.4) is 0 Å². The van der Waals surface area contributed by atoms with Gasteiger partial charge in [-0.05, 0) is 36.1 Å². The highest BCUT2D eigenvalue weighted by molar-refractivity contribution is 5.96. The number of hydrogen-bond acceptors (Lipinski definition) is 3. The fourth-order valence-corrected chi connectivity index (χ4v) is 2.17. The van der Waals surface area contributed by atoms with Crippen LogP contribution in [0.4, 0.5) is 0 Å². The molecule has 1 aromatic carbocycles. The van der Waals surface area contributed by atoms with E-state index in [9.17, 15) is 4.79 Å². The van der Waals surface area contributed by atoms with Crippen LogP contribution < -0.4 is 10.6 Å². The van der Waals surface area contributed by atoms with Gasteiger partial charge in [-0.2, -0.15) is 0 Å². The lowest BCUT2D eigenvalue weighted by Gasteiger charge is -2.20. The third-order valence-corrected chi connectivity index (χ3v) is 3.31. The second-order valence-electron chi connectivity index (χ2n) is 4.87. The van der Waals surface area contributed by atoms with Crippen LogP contribution in [0, 0.1) is 5.92 Å². The molecule has 3 N–H and O–H groups in total. The van der Waals surface area contributed by atoms with Gasteiger partial charge in [0.05, 0.1) is 0 Å². The number of aliphatic hydroxyl groups excluding tert-OH is 1. The van der Waals surface area contributed by atoms with Crippen molar-refractivity contribution >= 4 is 5.91 Å². The molecule has 1 aliphatic heterocycles. The van der Waals surface area contributed by atoms with E-state index in [0.29, 0.717) is 6.54 Å². The minimum Gasteiger partial charge on any atom is -0.396 e. The number of amides is 1.